The fourth-order valence-electron chi connectivity index (χ4n) is 1.39. The summed E-state index contributed by atoms with van der Waals surface area (Å²) in [6, 6.07) is 3.04. The summed E-state index contributed by atoms with van der Waals surface area (Å²) in [5, 5.41) is 2.99. The lowest BCUT2D eigenvalue weighted by Crippen LogP contribution is -2.22. The van der Waals surface area contributed by atoms with E-state index in [0.717, 1.165) is 5.56 Å². The highest BCUT2D eigenvalue weighted by Crippen LogP contribution is 2.20. The van der Waals surface area contributed by atoms with Crippen LogP contribution in [0.3, 0.4) is 0 Å². The number of aromatic nitrogens is 1. The van der Waals surface area contributed by atoms with Gasteiger partial charge in [0.25, 0.3) is 0 Å². The van der Waals surface area contributed by atoms with E-state index in [0.29, 0.717) is 6.61 Å². The normalized spacial score (nSPS) is 13.4. The summed E-state index contributed by atoms with van der Waals surface area (Å²) in [6.45, 7) is -0.947. The summed E-state index contributed by atoms with van der Waals surface area (Å²) in [6.07, 6.45) is -2.96. The predicted octanol–water partition coefficient (Wildman–Crippen LogP) is 1.93. The van der Waals surface area contributed by atoms with Crippen molar-refractivity contribution >= 4 is 0 Å². The van der Waals surface area contributed by atoms with Crippen molar-refractivity contribution in [2.24, 2.45) is 0 Å². The molecule has 1 atom stereocenters. The molecular formula is C11H15F3N2O2. The molecule has 102 valence electrons. The minimum Gasteiger partial charge on any atom is -0.468 e. The molecule has 0 amide bonds. The smallest absolute Gasteiger partial charge is 0.422 e. The Hall–Kier alpha value is -1.34. The van der Waals surface area contributed by atoms with Crippen LogP contribution in [0.1, 0.15) is 11.6 Å². The Balaban J connectivity index is 2.72. The number of alkyl halides is 3. The van der Waals surface area contributed by atoms with Gasteiger partial charge in [0.1, 0.15) is 0 Å². The number of halogens is 3. The van der Waals surface area contributed by atoms with E-state index in [4.69, 9.17) is 4.74 Å². The van der Waals surface area contributed by atoms with Crippen LogP contribution in [0.2, 0.25) is 0 Å². The Morgan fingerprint density at radius 2 is 2.17 bits per heavy atom. The standard InChI is InChI=1S/C11H15F3N2O2/c1-15-9(6-17-2)8-3-4-16-10(5-8)18-7-11(12,13)14/h3-5,9,15H,6-7H2,1-2H3/t9-/m0/s1. The van der Waals surface area contributed by atoms with E-state index in [1.165, 1.54) is 12.3 Å². The second-order valence-electron chi connectivity index (χ2n) is 3.63. The molecule has 0 radical (unpaired) electrons. The van der Waals surface area contributed by atoms with E-state index < -0.39 is 12.8 Å². The quantitative estimate of drug-likeness (QED) is 0.852. The van der Waals surface area contributed by atoms with E-state index in [9.17, 15) is 13.2 Å². The molecule has 1 N–H and O–H groups in total. The molecule has 0 unspecified atom stereocenters. The van der Waals surface area contributed by atoms with Crippen molar-refractivity contribution < 1.29 is 22.6 Å². The molecule has 7 heteroatoms. The van der Waals surface area contributed by atoms with Crippen LogP contribution in [0, 0.1) is 0 Å². The average molecular weight is 264 g/mol. The molecule has 0 saturated carbocycles. The molecule has 1 aromatic rings. The highest BCUT2D eigenvalue weighted by Gasteiger charge is 2.28. The number of nitrogens with zero attached hydrogens (tertiary/aromatic N) is 1. The summed E-state index contributed by atoms with van der Waals surface area (Å²) >= 11 is 0. The zero-order valence-electron chi connectivity index (χ0n) is 10.1. The second kappa shape index (κ2) is 6.55. The lowest BCUT2D eigenvalue weighted by molar-refractivity contribution is -0.154. The highest BCUT2D eigenvalue weighted by molar-refractivity contribution is 5.23. The van der Waals surface area contributed by atoms with Crippen LogP contribution >= 0.6 is 0 Å². The first-order valence-corrected chi connectivity index (χ1v) is 5.28. The summed E-state index contributed by atoms with van der Waals surface area (Å²) in [5.41, 5.74) is 0.756. The van der Waals surface area contributed by atoms with Gasteiger partial charge in [-0.1, -0.05) is 0 Å². The highest BCUT2D eigenvalue weighted by atomic mass is 19.4. The van der Waals surface area contributed by atoms with E-state index in [-0.39, 0.29) is 11.9 Å². The van der Waals surface area contributed by atoms with E-state index in [2.05, 4.69) is 15.0 Å². The summed E-state index contributed by atoms with van der Waals surface area (Å²) in [5.74, 6) is -0.0545. The van der Waals surface area contributed by atoms with Crippen molar-refractivity contribution in [1.29, 1.82) is 0 Å². The number of likely N-dealkylation sites (N-methyl/N-ethyl adjacent to an activating group) is 1. The van der Waals surface area contributed by atoms with Gasteiger partial charge in [-0.25, -0.2) is 4.98 Å². The van der Waals surface area contributed by atoms with Gasteiger partial charge in [0.15, 0.2) is 6.61 Å². The molecule has 0 aliphatic rings. The average Bonchev–Trinajstić information content (AvgIpc) is 2.33. The van der Waals surface area contributed by atoms with Crippen molar-refractivity contribution in [2.75, 3.05) is 27.4 Å². The van der Waals surface area contributed by atoms with Crippen LogP contribution in [0.15, 0.2) is 18.3 Å². The van der Waals surface area contributed by atoms with Crippen LogP contribution in [0.4, 0.5) is 13.2 Å². The third-order valence-corrected chi connectivity index (χ3v) is 2.23. The van der Waals surface area contributed by atoms with E-state index >= 15 is 0 Å². The number of nitrogens with one attached hydrogen (secondary N) is 1. The topological polar surface area (TPSA) is 43.4 Å². The molecule has 0 aliphatic carbocycles. The van der Waals surface area contributed by atoms with Crippen LogP contribution in [-0.4, -0.2) is 38.5 Å². The first-order chi connectivity index (χ1) is 8.46. The monoisotopic (exact) mass is 264 g/mol. The SMILES string of the molecule is CN[C@@H](COC)c1ccnc(OCC(F)(F)F)c1. The lowest BCUT2D eigenvalue weighted by atomic mass is 10.1. The van der Waals surface area contributed by atoms with Gasteiger partial charge >= 0.3 is 6.18 Å². The number of hydrogen-bond donors (Lipinski definition) is 1. The Labute approximate surface area is 103 Å². The van der Waals surface area contributed by atoms with Crippen molar-refractivity contribution in [3.8, 4) is 5.88 Å². The van der Waals surface area contributed by atoms with E-state index in [1.54, 1.807) is 20.2 Å². The fourth-order valence-corrected chi connectivity index (χ4v) is 1.39. The molecule has 0 fully saturated rings. The number of ether oxygens (including phenoxy) is 2. The molecule has 0 saturated heterocycles. The zero-order valence-corrected chi connectivity index (χ0v) is 10.1. The summed E-state index contributed by atoms with van der Waals surface area (Å²) in [4.78, 5) is 3.73. The summed E-state index contributed by atoms with van der Waals surface area (Å²) < 4.78 is 45.6. The molecule has 0 bridgehead atoms. The Morgan fingerprint density at radius 3 is 2.72 bits per heavy atom. The number of pyridine rings is 1. The lowest BCUT2D eigenvalue weighted by Gasteiger charge is -2.16. The second-order valence-corrected chi connectivity index (χ2v) is 3.63. The summed E-state index contributed by atoms with van der Waals surface area (Å²) in [7, 11) is 3.28. The maximum Gasteiger partial charge on any atom is 0.422 e. The van der Waals surface area contributed by atoms with Gasteiger partial charge in [0.2, 0.25) is 5.88 Å². The molecule has 4 nitrogen and oxygen atoms in total. The minimum atomic E-state index is -4.37. The van der Waals surface area contributed by atoms with Crippen LogP contribution in [0.5, 0.6) is 5.88 Å². The largest absolute Gasteiger partial charge is 0.468 e. The van der Waals surface area contributed by atoms with Crippen molar-refractivity contribution in [2.45, 2.75) is 12.2 Å². The van der Waals surface area contributed by atoms with Gasteiger partial charge in [0.05, 0.1) is 12.6 Å². The van der Waals surface area contributed by atoms with Gasteiger partial charge in [-0.05, 0) is 18.7 Å². The molecule has 1 aromatic heterocycles. The van der Waals surface area contributed by atoms with Gasteiger partial charge in [-0.2, -0.15) is 13.2 Å². The number of hydrogen-bond acceptors (Lipinski definition) is 4. The first kappa shape index (κ1) is 14.7. The fraction of sp³-hybridized carbons (Fsp3) is 0.545. The molecule has 1 heterocycles. The molecular weight excluding hydrogens is 249 g/mol. The van der Waals surface area contributed by atoms with Crippen LogP contribution in [0.25, 0.3) is 0 Å². The van der Waals surface area contributed by atoms with Gasteiger partial charge in [-0.3, -0.25) is 0 Å². The maximum atomic E-state index is 12.0. The maximum absolute atomic E-state index is 12.0. The van der Waals surface area contributed by atoms with Crippen molar-refractivity contribution in [1.82, 2.24) is 10.3 Å². The van der Waals surface area contributed by atoms with Gasteiger partial charge in [-0.15, -0.1) is 0 Å². The van der Waals surface area contributed by atoms with Crippen molar-refractivity contribution in [3.63, 3.8) is 0 Å². The third-order valence-electron chi connectivity index (χ3n) is 2.23. The Bertz CT molecular complexity index is 372. The molecule has 0 aliphatic heterocycles. The number of rotatable bonds is 6. The molecule has 1 rings (SSSR count). The number of methoxy groups -OCH3 is 1. The minimum absolute atomic E-state index is 0.0545. The van der Waals surface area contributed by atoms with Gasteiger partial charge < -0.3 is 14.8 Å². The Kier molecular flexibility index (Phi) is 5.36. The zero-order chi connectivity index (χ0) is 13.6. The van der Waals surface area contributed by atoms with Crippen molar-refractivity contribution in [3.05, 3.63) is 23.9 Å². The first-order valence-electron chi connectivity index (χ1n) is 5.28. The third kappa shape index (κ3) is 4.89. The van der Waals surface area contributed by atoms with Crippen LogP contribution in [-0.2, 0) is 4.74 Å². The molecule has 0 spiro atoms. The van der Waals surface area contributed by atoms with E-state index in [1.807, 2.05) is 0 Å². The molecule has 18 heavy (non-hydrogen) atoms. The predicted molar refractivity (Wildman–Crippen MR) is 59.5 cm³/mol. The van der Waals surface area contributed by atoms with Gasteiger partial charge in [0, 0.05) is 19.4 Å². The Morgan fingerprint density at radius 1 is 1.44 bits per heavy atom. The van der Waals surface area contributed by atoms with Crippen LogP contribution < -0.4 is 10.1 Å². The molecule has 0 aromatic carbocycles.